The zero-order chi connectivity index (χ0) is 10.7. The second-order valence-corrected chi connectivity index (χ2v) is 3.85. The molecule has 1 aromatic heterocycles. The highest BCUT2D eigenvalue weighted by molar-refractivity contribution is 5.80. The normalized spacial score (nSPS) is 10.8. The van der Waals surface area contributed by atoms with Crippen molar-refractivity contribution in [2.45, 2.75) is 33.1 Å². The standard InChI is InChI=1S/C13H16N2/c1-3-4-9-13-14-10(2)11-7-5-6-8-12(11)15-13/h5-8H,3-4,9H2,1-2H3. The van der Waals surface area contributed by atoms with Gasteiger partial charge in [0.2, 0.25) is 0 Å². The highest BCUT2D eigenvalue weighted by Gasteiger charge is 2.02. The van der Waals surface area contributed by atoms with Crippen LogP contribution in [0.5, 0.6) is 0 Å². The zero-order valence-corrected chi connectivity index (χ0v) is 9.33. The van der Waals surface area contributed by atoms with Crippen LogP contribution in [-0.2, 0) is 6.42 Å². The molecule has 0 aliphatic heterocycles. The van der Waals surface area contributed by atoms with Crippen LogP contribution in [0.2, 0.25) is 0 Å². The van der Waals surface area contributed by atoms with Crippen LogP contribution in [-0.4, -0.2) is 9.97 Å². The van der Waals surface area contributed by atoms with Crippen LogP contribution in [0.1, 0.15) is 31.3 Å². The minimum Gasteiger partial charge on any atom is -0.238 e. The molecule has 15 heavy (non-hydrogen) atoms. The van der Waals surface area contributed by atoms with Gasteiger partial charge < -0.3 is 0 Å². The lowest BCUT2D eigenvalue weighted by Gasteiger charge is -2.04. The molecule has 0 saturated carbocycles. The molecule has 0 atom stereocenters. The maximum Gasteiger partial charge on any atom is 0.129 e. The molecule has 2 nitrogen and oxygen atoms in total. The molecule has 78 valence electrons. The summed E-state index contributed by atoms with van der Waals surface area (Å²) >= 11 is 0. The van der Waals surface area contributed by atoms with Gasteiger partial charge in [-0.25, -0.2) is 9.97 Å². The monoisotopic (exact) mass is 200 g/mol. The summed E-state index contributed by atoms with van der Waals surface area (Å²) < 4.78 is 0. The average molecular weight is 200 g/mol. The van der Waals surface area contributed by atoms with Gasteiger partial charge in [0.05, 0.1) is 5.52 Å². The molecule has 2 aromatic rings. The van der Waals surface area contributed by atoms with Crippen molar-refractivity contribution in [2.75, 3.05) is 0 Å². The first kappa shape index (κ1) is 10.1. The number of aromatic nitrogens is 2. The van der Waals surface area contributed by atoms with Crippen LogP contribution in [0, 0.1) is 6.92 Å². The van der Waals surface area contributed by atoms with Gasteiger partial charge in [0, 0.05) is 17.5 Å². The molecule has 0 amide bonds. The van der Waals surface area contributed by atoms with Crippen LogP contribution in [0.4, 0.5) is 0 Å². The van der Waals surface area contributed by atoms with Gasteiger partial charge in [0.1, 0.15) is 5.82 Å². The number of hydrogen-bond donors (Lipinski definition) is 0. The largest absolute Gasteiger partial charge is 0.238 e. The number of fused-ring (bicyclic) bond motifs is 1. The number of unbranched alkanes of at least 4 members (excludes halogenated alkanes) is 1. The van der Waals surface area contributed by atoms with Gasteiger partial charge in [0.15, 0.2) is 0 Å². The van der Waals surface area contributed by atoms with Crippen LogP contribution < -0.4 is 0 Å². The van der Waals surface area contributed by atoms with E-state index in [1.807, 2.05) is 12.1 Å². The van der Waals surface area contributed by atoms with E-state index >= 15 is 0 Å². The number of hydrogen-bond acceptors (Lipinski definition) is 2. The van der Waals surface area contributed by atoms with Crippen molar-refractivity contribution in [2.24, 2.45) is 0 Å². The minimum absolute atomic E-state index is 0.980. The van der Waals surface area contributed by atoms with Crippen molar-refractivity contribution < 1.29 is 0 Å². The van der Waals surface area contributed by atoms with Gasteiger partial charge in [-0.1, -0.05) is 31.5 Å². The molecule has 0 bridgehead atoms. The maximum absolute atomic E-state index is 4.56. The van der Waals surface area contributed by atoms with Gasteiger partial charge in [-0.05, 0) is 19.4 Å². The van der Waals surface area contributed by atoms with Gasteiger partial charge in [-0.2, -0.15) is 0 Å². The fraction of sp³-hybridized carbons (Fsp3) is 0.385. The number of rotatable bonds is 3. The quantitative estimate of drug-likeness (QED) is 0.759. The number of aryl methyl sites for hydroxylation is 2. The summed E-state index contributed by atoms with van der Waals surface area (Å²) in [6.07, 6.45) is 3.34. The first-order valence-electron chi connectivity index (χ1n) is 5.53. The Kier molecular flexibility index (Phi) is 2.95. The first-order chi connectivity index (χ1) is 7.31. The Labute approximate surface area is 90.4 Å². The molecule has 0 radical (unpaired) electrons. The molecular weight excluding hydrogens is 184 g/mol. The van der Waals surface area contributed by atoms with Gasteiger partial charge >= 0.3 is 0 Å². The van der Waals surface area contributed by atoms with Crippen molar-refractivity contribution >= 4 is 10.9 Å². The molecule has 0 unspecified atom stereocenters. The van der Waals surface area contributed by atoms with Crippen LogP contribution in [0.25, 0.3) is 10.9 Å². The van der Waals surface area contributed by atoms with E-state index in [0.717, 1.165) is 35.3 Å². The molecule has 0 spiro atoms. The van der Waals surface area contributed by atoms with E-state index in [1.165, 1.54) is 6.42 Å². The van der Waals surface area contributed by atoms with E-state index in [0.29, 0.717) is 0 Å². The van der Waals surface area contributed by atoms with E-state index in [1.54, 1.807) is 0 Å². The molecular formula is C13H16N2. The summed E-state index contributed by atoms with van der Waals surface area (Å²) in [7, 11) is 0. The molecule has 2 heteroatoms. The second kappa shape index (κ2) is 4.39. The highest BCUT2D eigenvalue weighted by atomic mass is 14.9. The highest BCUT2D eigenvalue weighted by Crippen LogP contribution is 2.15. The third kappa shape index (κ3) is 2.14. The van der Waals surface area contributed by atoms with E-state index in [2.05, 4.69) is 35.9 Å². The molecule has 1 heterocycles. The van der Waals surface area contributed by atoms with Crippen molar-refractivity contribution in [1.29, 1.82) is 0 Å². The molecule has 0 saturated heterocycles. The van der Waals surface area contributed by atoms with Crippen LogP contribution in [0.15, 0.2) is 24.3 Å². The molecule has 0 fully saturated rings. The Hall–Kier alpha value is -1.44. The Morgan fingerprint density at radius 1 is 1.13 bits per heavy atom. The predicted octanol–water partition coefficient (Wildman–Crippen LogP) is 3.28. The van der Waals surface area contributed by atoms with Gasteiger partial charge in [-0.15, -0.1) is 0 Å². The molecule has 1 aromatic carbocycles. The first-order valence-corrected chi connectivity index (χ1v) is 5.53. The van der Waals surface area contributed by atoms with E-state index in [9.17, 15) is 0 Å². The lowest BCUT2D eigenvalue weighted by Crippen LogP contribution is -1.98. The molecule has 2 rings (SSSR count). The molecule has 0 aliphatic rings. The summed E-state index contributed by atoms with van der Waals surface area (Å²) in [4.78, 5) is 9.09. The fourth-order valence-corrected chi connectivity index (χ4v) is 1.74. The predicted molar refractivity (Wildman–Crippen MR) is 62.9 cm³/mol. The van der Waals surface area contributed by atoms with Crippen molar-refractivity contribution in [3.63, 3.8) is 0 Å². The van der Waals surface area contributed by atoms with Gasteiger partial charge in [-0.3, -0.25) is 0 Å². The Morgan fingerprint density at radius 3 is 2.73 bits per heavy atom. The summed E-state index contributed by atoms with van der Waals surface area (Å²) in [5.41, 5.74) is 2.16. The topological polar surface area (TPSA) is 25.8 Å². The number of para-hydroxylation sites is 1. The lowest BCUT2D eigenvalue weighted by molar-refractivity contribution is 0.753. The SMILES string of the molecule is CCCCc1nc(C)c2ccccc2n1. The minimum atomic E-state index is 0.980. The number of benzene rings is 1. The van der Waals surface area contributed by atoms with E-state index in [4.69, 9.17) is 0 Å². The smallest absolute Gasteiger partial charge is 0.129 e. The Bertz CT molecular complexity index is 463. The molecule has 0 aliphatic carbocycles. The van der Waals surface area contributed by atoms with E-state index < -0.39 is 0 Å². The third-order valence-electron chi connectivity index (χ3n) is 2.59. The van der Waals surface area contributed by atoms with Crippen molar-refractivity contribution in [3.8, 4) is 0 Å². The van der Waals surface area contributed by atoms with E-state index in [-0.39, 0.29) is 0 Å². The Balaban J connectivity index is 2.43. The van der Waals surface area contributed by atoms with Crippen molar-refractivity contribution in [1.82, 2.24) is 9.97 Å². The summed E-state index contributed by atoms with van der Waals surface area (Å²) in [5, 5.41) is 1.16. The third-order valence-corrected chi connectivity index (χ3v) is 2.59. The maximum atomic E-state index is 4.56. The molecule has 0 N–H and O–H groups in total. The summed E-state index contributed by atoms with van der Waals surface area (Å²) in [6, 6.07) is 8.19. The number of nitrogens with zero attached hydrogens (tertiary/aromatic N) is 2. The Morgan fingerprint density at radius 2 is 1.93 bits per heavy atom. The fourth-order valence-electron chi connectivity index (χ4n) is 1.74. The average Bonchev–Trinajstić information content (AvgIpc) is 2.26. The van der Waals surface area contributed by atoms with Gasteiger partial charge in [0.25, 0.3) is 0 Å². The second-order valence-electron chi connectivity index (χ2n) is 3.85. The van der Waals surface area contributed by atoms with Crippen molar-refractivity contribution in [3.05, 3.63) is 35.8 Å². The lowest BCUT2D eigenvalue weighted by atomic mass is 10.2. The van der Waals surface area contributed by atoms with Crippen LogP contribution in [0.3, 0.4) is 0 Å². The summed E-state index contributed by atoms with van der Waals surface area (Å²) in [6.45, 7) is 4.24. The summed E-state index contributed by atoms with van der Waals surface area (Å²) in [5.74, 6) is 0.980. The zero-order valence-electron chi connectivity index (χ0n) is 9.33. The van der Waals surface area contributed by atoms with Crippen LogP contribution >= 0.6 is 0 Å².